The van der Waals surface area contributed by atoms with Crippen molar-refractivity contribution in [3.05, 3.63) is 40.6 Å². The molecule has 1 aliphatic rings. The van der Waals surface area contributed by atoms with E-state index in [1.165, 1.54) is 0 Å². The van der Waals surface area contributed by atoms with Gasteiger partial charge in [-0.15, -0.1) is 0 Å². The van der Waals surface area contributed by atoms with E-state index in [4.69, 9.17) is 11.3 Å². The molecule has 0 spiro atoms. The summed E-state index contributed by atoms with van der Waals surface area (Å²) < 4.78 is 0. The second-order valence-electron chi connectivity index (χ2n) is 3.97. The molecule has 1 atom stereocenters. The van der Waals surface area contributed by atoms with Gasteiger partial charge in [0.1, 0.15) is 5.54 Å². The first-order valence-electron chi connectivity index (χ1n) is 5.11. The predicted octanol–water partition coefficient (Wildman–Crippen LogP) is 0.809. The summed E-state index contributed by atoms with van der Waals surface area (Å²) in [6.45, 7) is 0. The number of ketones is 1. The van der Waals surface area contributed by atoms with Gasteiger partial charge in [0.15, 0.2) is 5.78 Å². The maximum Gasteiger partial charge on any atom is 0.185 e. The fourth-order valence-electron chi connectivity index (χ4n) is 2.20. The van der Waals surface area contributed by atoms with E-state index >= 15 is 0 Å². The quantitative estimate of drug-likeness (QED) is 0.592. The van der Waals surface area contributed by atoms with Gasteiger partial charge in [0.2, 0.25) is 0 Å². The Balaban J connectivity index is 2.46. The Kier molecular flexibility index (Phi) is 3.03. The molecule has 0 radical (unpaired) electrons. The molecule has 1 aromatic rings. The maximum atomic E-state index is 12.2. The first-order valence-corrected chi connectivity index (χ1v) is 5.11. The lowest BCUT2D eigenvalue weighted by molar-refractivity contribution is -0.173. The van der Waals surface area contributed by atoms with Crippen molar-refractivity contribution in [1.82, 2.24) is 5.23 Å². The van der Waals surface area contributed by atoms with E-state index < -0.39 is 5.54 Å². The molecule has 0 saturated heterocycles. The monoisotopic (exact) mass is 234 g/mol. The molecule has 2 rings (SSSR count). The van der Waals surface area contributed by atoms with E-state index in [1.807, 2.05) is 0 Å². The first kappa shape index (κ1) is 11.9. The summed E-state index contributed by atoms with van der Waals surface area (Å²) in [5.41, 5.74) is -0.162. The van der Waals surface area contributed by atoms with Crippen LogP contribution in [0.5, 0.6) is 0 Å². The van der Waals surface area contributed by atoms with Gasteiger partial charge in [-0.05, 0) is 11.8 Å². The number of fused-ring (bicyclic) bond motifs is 1. The zero-order valence-corrected chi connectivity index (χ0v) is 9.05. The zero-order valence-electron chi connectivity index (χ0n) is 9.05. The van der Waals surface area contributed by atoms with Crippen molar-refractivity contribution in [3.63, 3.8) is 0 Å². The lowest BCUT2D eigenvalue weighted by atomic mass is 9.92. The van der Waals surface area contributed by atoms with E-state index in [9.17, 15) is 10.0 Å². The Morgan fingerprint density at radius 1 is 1.59 bits per heavy atom. The normalized spacial score (nSPS) is 22.9. The first-order chi connectivity index (χ1) is 8.15. The molecule has 1 unspecified atom stereocenters. The van der Waals surface area contributed by atoms with Gasteiger partial charge in [0.25, 0.3) is 0 Å². The van der Waals surface area contributed by atoms with Crippen LogP contribution in [0.2, 0.25) is 0 Å². The standard InChI is InChI=1S/C11H12N3O3/c12-6-5-11(14(16)17-13)7-8-3-1-2-4-9(8)10(11)15/h1-4,6,12H,5,7,13H2/q-1. The van der Waals surface area contributed by atoms with Crippen LogP contribution in [0.3, 0.4) is 0 Å². The number of carbonyl (C=O) groups is 1. The molecule has 0 heterocycles. The molecule has 17 heavy (non-hydrogen) atoms. The minimum atomic E-state index is -1.43. The zero-order chi connectivity index (χ0) is 12.5. The smallest absolute Gasteiger partial charge is 0.185 e. The molecule has 0 saturated carbocycles. The van der Waals surface area contributed by atoms with Gasteiger partial charge in [-0.2, -0.15) is 5.90 Å². The Bertz CT molecular complexity index is 463. The van der Waals surface area contributed by atoms with Gasteiger partial charge in [-0.3, -0.25) is 4.79 Å². The lowest BCUT2D eigenvalue weighted by Crippen LogP contribution is -2.51. The minimum absolute atomic E-state index is 0.0266. The molecule has 0 aromatic heterocycles. The third kappa shape index (κ3) is 1.67. The number of hydrogen-bond donors (Lipinski definition) is 2. The molecule has 90 valence electrons. The average Bonchev–Trinajstić information content (AvgIpc) is 2.64. The van der Waals surface area contributed by atoms with Crippen LogP contribution < -0.4 is 5.90 Å². The van der Waals surface area contributed by atoms with Crippen LogP contribution in [0.15, 0.2) is 24.3 Å². The molecular weight excluding hydrogens is 222 g/mol. The second kappa shape index (κ2) is 4.34. The van der Waals surface area contributed by atoms with Crippen molar-refractivity contribution < 1.29 is 9.73 Å². The third-order valence-electron chi connectivity index (χ3n) is 3.05. The van der Waals surface area contributed by atoms with Crippen LogP contribution in [-0.2, 0) is 11.4 Å². The number of rotatable bonds is 4. The Labute approximate surface area is 98.0 Å². The molecule has 6 heteroatoms. The molecule has 0 bridgehead atoms. The summed E-state index contributed by atoms with van der Waals surface area (Å²) in [4.78, 5) is 16.4. The van der Waals surface area contributed by atoms with Crippen molar-refractivity contribution in [2.45, 2.75) is 18.4 Å². The summed E-state index contributed by atoms with van der Waals surface area (Å²) in [7, 11) is 0. The molecular formula is C11H12N3O3-. The highest BCUT2D eigenvalue weighted by Gasteiger charge is 2.46. The maximum absolute atomic E-state index is 12.2. The van der Waals surface area contributed by atoms with Gasteiger partial charge in [0.05, 0.1) is 0 Å². The van der Waals surface area contributed by atoms with E-state index in [2.05, 4.69) is 4.94 Å². The summed E-state index contributed by atoms with van der Waals surface area (Å²) in [5.74, 6) is 4.50. The van der Waals surface area contributed by atoms with Gasteiger partial charge in [0, 0.05) is 18.4 Å². The molecule has 1 aromatic carbocycles. The van der Waals surface area contributed by atoms with E-state index in [0.717, 1.165) is 11.8 Å². The molecule has 0 fully saturated rings. The van der Waals surface area contributed by atoms with Crippen molar-refractivity contribution in [2.75, 3.05) is 0 Å². The number of nitrogens with zero attached hydrogens (tertiary/aromatic N) is 1. The Morgan fingerprint density at radius 2 is 2.29 bits per heavy atom. The van der Waals surface area contributed by atoms with Crippen LogP contribution in [0.1, 0.15) is 22.3 Å². The summed E-state index contributed by atoms with van der Waals surface area (Å²) in [6, 6.07) is 6.97. The highest BCUT2D eigenvalue weighted by Crippen LogP contribution is 2.36. The molecule has 0 amide bonds. The highest BCUT2D eigenvalue weighted by molar-refractivity contribution is 6.08. The number of hydroxylamine groups is 2. The topological polar surface area (TPSA) is 102 Å². The average molecular weight is 234 g/mol. The van der Waals surface area contributed by atoms with Crippen LogP contribution in [0.25, 0.3) is 0 Å². The lowest BCUT2D eigenvalue weighted by Gasteiger charge is -2.40. The number of carbonyl (C=O) groups excluding carboxylic acids is 1. The van der Waals surface area contributed by atoms with E-state index in [1.54, 1.807) is 24.3 Å². The van der Waals surface area contributed by atoms with Gasteiger partial charge in [-0.1, -0.05) is 24.3 Å². The Hall–Kier alpha value is -1.60. The highest BCUT2D eigenvalue weighted by atomic mass is 16.9. The number of nitrogens with one attached hydrogen (secondary N) is 1. The van der Waals surface area contributed by atoms with Gasteiger partial charge in [-0.25, -0.2) is 10.2 Å². The van der Waals surface area contributed by atoms with Crippen molar-refractivity contribution >= 4 is 12.0 Å². The third-order valence-corrected chi connectivity index (χ3v) is 3.05. The van der Waals surface area contributed by atoms with Crippen LogP contribution in [-0.4, -0.2) is 22.8 Å². The Morgan fingerprint density at radius 3 is 2.88 bits per heavy atom. The molecule has 0 aliphatic heterocycles. The fraction of sp³-hybridized carbons (Fsp3) is 0.273. The SMILES string of the molecule is N=CCC1(N([O-])ON)Cc2ccccc2C1=O. The van der Waals surface area contributed by atoms with Gasteiger partial charge < -0.3 is 10.6 Å². The molecule has 3 N–H and O–H groups in total. The molecule has 1 aliphatic carbocycles. The summed E-state index contributed by atoms with van der Waals surface area (Å²) >= 11 is 0. The number of nitrogens with two attached hydrogens (primary N) is 1. The molecule has 6 nitrogen and oxygen atoms in total. The second-order valence-corrected chi connectivity index (χ2v) is 3.97. The van der Waals surface area contributed by atoms with Crippen molar-refractivity contribution in [2.24, 2.45) is 5.90 Å². The number of hydrogen-bond acceptors (Lipinski definition) is 6. The van der Waals surface area contributed by atoms with E-state index in [0.29, 0.717) is 5.56 Å². The van der Waals surface area contributed by atoms with E-state index in [-0.39, 0.29) is 23.9 Å². The fourth-order valence-corrected chi connectivity index (χ4v) is 2.20. The van der Waals surface area contributed by atoms with Crippen LogP contribution in [0.4, 0.5) is 0 Å². The summed E-state index contributed by atoms with van der Waals surface area (Å²) in [6.07, 6.45) is 1.20. The summed E-state index contributed by atoms with van der Waals surface area (Å²) in [5, 5.41) is 18.9. The number of Topliss-reactive ketones (excluding diaryl/α,β-unsaturated/α-hetero) is 1. The van der Waals surface area contributed by atoms with Crippen LogP contribution in [0, 0.1) is 10.6 Å². The van der Waals surface area contributed by atoms with Crippen molar-refractivity contribution in [1.29, 1.82) is 5.41 Å². The largest absolute Gasteiger partial charge is 0.760 e. The minimum Gasteiger partial charge on any atom is -0.760 e. The van der Waals surface area contributed by atoms with Gasteiger partial charge >= 0.3 is 0 Å². The number of benzene rings is 1. The predicted molar refractivity (Wildman–Crippen MR) is 61.1 cm³/mol. The van der Waals surface area contributed by atoms with Crippen LogP contribution >= 0.6 is 0 Å². The van der Waals surface area contributed by atoms with Crippen molar-refractivity contribution in [3.8, 4) is 0 Å².